The number of ether oxygens (including phenoxy) is 2. The van der Waals surface area contributed by atoms with Crippen LogP contribution in [0.3, 0.4) is 0 Å². The molecule has 3 rings (SSSR count). The van der Waals surface area contributed by atoms with Crippen LogP contribution < -0.4 is 5.32 Å². The van der Waals surface area contributed by atoms with Gasteiger partial charge in [0.05, 0.1) is 37.9 Å². The Kier molecular flexibility index (Phi) is 6.08. The number of fused-ring (bicyclic) bond motifs is 1. The van der Waals surface area contributed by atoms with Crippen LogP contribution in [-0.2, 0) is 14.3 Å². The Morgan fingerprint density at radius 1 is 1.20 bits per heavy atom. The molecule has 2 heterocycles. The lowest BCUT2D eigenvalue weighted by Gasteiger charge is -2.44. The molecule has 1 N–H and O–H groups in total. The Morgan fingerprint density at radius 3 is 2.85 bits per heavy atom. The third-order valence-corrected chi connectivity index (χ3v) is 4.46. The molecule has 3 aliphatic rings. The molecule has 0 aromatic heterocycles. The second-order valence-electron chi connectivity index (χ2n) is 5.75. The van der Waals surface area contributed by atoms with Gasteiger partial charge in [0, 0.05) is 19.6 Å². The van der Waals surface area contributed by atoms with E-state index in [0.717, 1.165) is 32.5 Å². The quantitative estimate of drug-likeness (QED) is 0.825. The molecule has 3 atom stereocenters. The summed E-state index contributed by atoms with van der Waals surface area (Å²) in [4.78, 5) is 14.5. The van der Waals surface area contributed by atoms with Crippen LogP contribution in [0.25, 0.3) is 0 Å². The Labute approximate surface area is 126 Å². The molecule has 5 nitrogen and oxygen atoms in total. The standard InChI is InChI=1S/C14H24N2O3.ClH/c17-14(9-11-10-15-5-7-18-11)16-6-8-19-13-4-2-1-3-12(13)16;/h11-13,15H,1-10H2;1H. The largest absolute Gasteiger partial charge is 0.375 e. The number of hydrogen-bond donors (Lipinski definition) is 1. The molecule has 20 heavy (non-hydrogen) atoms. The lowest BCUT2D eigenvalue weighted by Crippen LogP contribution is -2.55. The second kappa shape index (κ2) is 7.59. The summed E-state index contributed by atoms with van der Waals surface area (Å²) >= 11 is 0. The Balaban J connectivity index is 0.00000147. The van der Waals surface area contributed by atoms with Gasteiger partial charge in [-0.05, 0) is 12.8 Å². The van der Waals surface area contributed by atoms with Gasteiger partial charge >= 0.3 is 0 Å². The summed E-state index contributed by atoms with van der Waals surface area (Å²) < 4.78 is 11.4. The summed E-state index contributed by atoms with van der Waals surface area (Å²) in [5, 5.41) is 3.28. The lowest BCUT2D eigenvalue weighted by atomic mass is 9.90. The van der Waals surface area contributed by atoms with E-state index in [1.807, 2.05) is 0 Å². The number of nitrogens with one attached hydrogen (secondary N) is 1. The zero-order valence-electron chi connectivity index (χ0n) is 11.9. The van der Waals surface area contributed by atoms with Gasteiger partial charge in [0.15, 0.2) is 0 Å². The Morgan fingerprint density at radius 2 is 2.05 bits per heavy atom. The summed E-state index contributed by atoms with van der Waals surface area (Å²) in [6, 6.07) is 0.312. The molecule has 3 fully saturated rings. The van der Waals surface area contributed by atoms with Crippen molar-refractivity contribution < 1.29 is 14.3 Å². The Bertz CT molecular complexity index is 322. The predicted molar refractivity (Wildman–Crippen MR) is 78.2 cm³/mol. The summed E-state index contributed by atoms with van der Waals surface area (Å²) in [5.41, 5.74) is 0. The number of carbonyl (C=O) groups is 1. The first-order chi connectivity index (χ1) is 9.34. The molecular formula is C14H25ClN2O3. The van der Waals surface area contributed by atoms with Crippen molar-refractivity contribution in [1.82, 2.24) is 10.2 Å². The van der Waals surface area contributed by atoms with E-state index in [1.54, 1.807) is 0 Å². The van der Waals surface area contributed by atoms with Gasteiger partial charge in [0.25, 0.3) is 0 Å². The van der Waals surface area contributed by atoms with Crippen LogP contribution in [0.1, 0.15) is 32.1 Å². The van der Waals surface area contributed by atoms with Gasteiger partial charge < -0.3 is 19.7 Å². The summed E-state index contributed by atoms with van der Waals surface area (Å²) in [6.45, 7) is 3.85. The molecule has 3 unspecified atom stereocenters. The predicted octanol–water partition coefficient (Wildman–Crippen LogP) is 0.957. The van der Waals surface area contributed by atoms with Crippen molar-refractivity contribution in [3.05, 3.63) is 0 Å². The van der Waals surface area contributed by atoms with Crippen molar-refractivity contribution in [2.45, 2.75) is 50.4 Å². The van der Waals surface area contributed by atoms with Gasteiger partial charge in [-0.2, -0.15) is 0 Å². The molecule has 0 bridgehead atoms. The maximum Gasteiger partial charge on any atom is 0.225 e. The highest BCUT2D eigenvalue weighted by Gasteiger charge is 2.37. The van der Waals surface area contributed by atoms with E-state index < -0.39 is 0 Å². The first-order valence-electron chi connectivity index (χ1n) is 7.58. The van der Waals surface area contributed by atoms with Gasteiger partial charge in [0.1, 0.15) is 0 Å². The van der Waals surface area contributed by atoms with Crippen LogP contribution >= 0.6 is 12.4 Å². The molecule has 2 aliphatic heterocycles. The number of carbonyl (C=O) groups excluding carboxylic acids is 1. The summed E-state index contributed by atoms with van der Waals surface area (Å²) in [7, 11) is 0. The van der Waals surface area contributed by atoms with E-state index in [0.29, 0.717) is 25.7 Å². The zero-order valence-corrected chi connectivity index (χ0v) is 12.7. The van der Waals surface area contributed by atoms with E-state index >= 15 is 0 Å². The van der Waals surface area contributed by atoms with Crippen LogP contribution in [0.2, 0.25) is 0 Å². The average Bonchev–Trinajstić information content (AvgIpc) is 2.47. The monoisotopic (exact) mass is 304 g/mol. The van der Waals surface area contributed by atoms with Crippen molar-refractivity contribution in [2.24, 2.45) is 0 Å². The van der Waals surface area contributed by atoms with Gasteiger partial charge in [-0.1, -0.05) is 12.8 Å². The fourth-order valence-electron chi connectivity index (χ4n) is 3.47. The molecule has 1 saturated carbocycles. The lowest BCUT2D eigenvalue weighted by molar-refractivity contribution is -0.152. The number of hydrogen-bond acceptors (Lipinski definition) is 4. The van der Waals surface area contributed by atoms with Crippen LogP contribution in [-0.4, -0.2) is 61.9 Å². The highest BCUT2D eigenvalue weighted by molar-refractivity contribution is 5.85. The maximum absolute atomic E-state index is 12.5. The van der Waals surface area contributed by atoms with Crippen molar-refractivity contribution in [2.75, 3.05) is 32.8 Å². The van der Waals surface area contributed by atoms with Gasteiger partial charge in [-0.3, -0.25) is 4.79 Å². The van der Waals surface area contributed by atoms with E-state index in [-0.39, 0.29) is 30.5 Å². The van der Waals surface area contributed by atoms with E-state index in [9.17, 15) is 4.79 Å². The van der Waals surface area contributed by atoms with Gasteiger partial charge in [-0.15, -0.1) is 12.4 Å². The van der Waals surface area contributed by atoms with Crippen molar-refractivity contribution in [3.63, 3.8) is 0 Å². The number of nitrogens with zero attached hydrogens (tertiary/aromatic N) is 1. The van der Waals surface area contributed by atoms with Gasteiger partial charge in [-0.25, -0.2) is 0 Å². The normalized spacial score (nSPS) is 34.0. The minimum Gasteiger partial charge on any atom is -0.375 e. The molecule has 116 valence electrons. The smallest absolute Gasteiger partial charge is 0.225 e. The number of morpholine rings is 2. The van der Waals surface area contributed by atoms with E-state index in [1.165, 1.54) is 12.8 Å². The number of halogens is 1. The summed E-state index contributed by atoms with van der Waals surface area (Å²) in [5.74, 6) is 0.244. The van der Waals surface area contributed by atoms with Crippen LogP contribution in [0, 0.1) is 0 Å². The fraction of sp³-hybridized carbons (Fsp3) is 0.929. The topological polar surface area (TPSA) is 50.8 Å². The summed E-state index contributed by atoms with van der Waals surface area (Å²) in [6.07, 6.45) is 5.49. The average molecular weight is 305 g/mol. The van der Waals surface area contributed by atoms with Gasteiger partial charge in [0.2, 0.25) is 5.91 Å². The third-order valence-electron chi connectivity index (χ3n) is 4.46. The van der Waals surface area contributed by atoms with E-state index in [2.05, 4.69) is 10.2 Å². The minimum atomic E-state index is 0. The molecule has 0 spiro atoms. The molecule has 0 radical (unpaired) electrons. The second-order valence-corrected chi connectivity index (χ2v) is 5.75. The third kappa shape index (κ3) is 3.64. The molecule has 0 aromatic carbocycles. The number of amides is 1. The molecule has 2 saturated heterocycles. The zero-order chi connectivity index (χ0) is 13.1. The highest BCUT2D eigenvalue weighted by atomic mass is 35.5. The van der Waals surface area contributed by atoms with Crippen molar-refractivity contribution in [1.29, 1.82) is 0 Å². The molecule has 6 heteroatoms. The molecule has 0 aromatic rings. The van der Waals surface area contributed by atoms with Crippen LogP contribution in [0.4, 0.5) is 0 Å². The minimum absolute atomic E-state index is 0. The molecule has 1 amide bonds. The number of rotatable bonds is 2. The van der Waals surface area contributed by atoms with Crippen LogP contribution in [0.15, 0.2) is 0 Å². The highest BCUT2D eigenvalue weighted by Crippen LogP contribution is 2.29. The first-order valence-corrected chi connectivity index (χ1v) is 7.58. The molecule has 1 aliphatic carbocycles. The first kappa shape index (κ1) is 16.0. The van der Waals surface area contributed by atoms with Crippen molar-refractivity contribution >= 4 is 18.3 Å². The molecular weight excluding hydrogens is 280 g/mol. The Hall–Kier alpha value is -0.360. The van der Waals surface area contributed by atoms with Crippen LogP contribution in [0.5, 0.6) is 0 Å². The van der Waals surface area contributed by atoms with Crippen molar-refractivity contribution in [3.8, 4) is 0 Å². The SMILES string of the molecule is Cl.O=C(CC1CNCCO1)N1CCOC2CCCCC21. The van der Waals surface area contributed by atoms with E-state index in [4.69, 9.17) is 9.47 Å². The fourth-order valence-corrected chi connectivity index (χ4v) is 3.47. The maximum atomic E-state index is 12.5.